The first-order chi connectivity index (χ1) is 8.28. The van der Waals surface area contributed by atoms with Gasteiger partial charge in [0, 0.05) is 19.3 Å². The molecule has 1 aromatic heterocycles. The quantitative estimate of drug-likeness (QED) is 0.750. The van der Waals surface area contributed by atoms with Gasteiger partial charge in [-0.15, -0.1) is 0 Å². The lowest BCUT2D eigenvalue weighted by atomic mass is 10.0. The first kappa shape index (κ1) is 12.6. The predicted octanol–water partition coefficient (Wildman–Crippen LogP) is 2.52. The van der Waals surface area contributed by atoms with Gasteiger partial charge in [-0.2, -0.15) is 5.10 Å². The van der Waals surface area contributed by atoms with Crippen molar-refractivity contribution in [2.45, 2.75) is 51.5 Å². The molecular formula is C14H25N3. The zero-order valence-corrected chi connectivity index (χ0v) is 11.2. The van der Waals surface area contributed by atoms with E-state index >= 15 is 0 Å². The van der Waals surface area contributed by atoms with Crippen molar-refractivity contribution in [1.29, 1.82) is 0 Å². The molecule has 17 heavy (non-hydrogen) atoms. The summed E-state index contributed by atoms with van der Waals surface area (Å²) in [6.07, 6.45) is 12.1. The van der Waals surface area contributed by atoms with Crippen LogP contribution in [0.25, 0.3) is 0 Å². The maximum Gasteiger partial charge on any atom is 0.0521 e. The SMILES string of the molecule is CCCNC(CCc1cnn(C)c1)CC1CC1. The summed E-state index contributed by atoms with van der Waals surface area (Å²) in [5.74, 6) is 1.01. The number of hydrogen-bond acceptors (Lipinski definition) is 2. The van der Waals surface area contributed by atoms with Crippen molar-refractivity contribution in [3.8, 4) is 0 Å². The molecule has 1 N–H and O–H groups in total. The van der Waals surface area contributed by atoms with Crippen molar-refractivity contribution >= 4 is 0 Å². The Bertz CT molecular complexity index is 328. The minimum absolute atomic E-state index is 0.711. The van der Waals surface area contributed by atoms with Gasteiger partial charge in [0.05, 0.1) is 6.20 Å². The highest BCUT2D eigenvalue weighted by Gasteiger charge is 2.24. The Labute approximate surface area is 105 Å². The lowest BCUT2D eigenvalue weighted by Gasteiger charge is -2.17. The third-order valence-corrected chi connectivity index (χ3v) is 3.54. The van der Waals surface area contributed by atoms with Crippen LogP contribution in [0.1, 0.15) is 44.6 Å². The monoisotopic (exact) mass is 235 g/mol. The minimum atomic E-state index is 0.711. The molecule has 1 atom stereocenters. The van der Waals surface area contributed by atoms with E-state index in [4.69, 9.17) is 0 Å². The summed E-state index contributed by atoms with van der Waals surface area (Å²) < 4.78 is 1.89. The van der Waals surface area contributed by atoms with Crippen molar-refractivity contribution in [1.82, 2.24) is 15.1 Å². The average molecular weight is 235 g/mol. The first-order valence-corrected chi connectivity index (χ1v) is 6.99. The molecule has 0 spiro atoms. The highest BCUT2D eigenvalue weighted by Crippen LogP contribution is 2.34. The van der Waals surface area contributed by atoms with Gasteiger partial charge >= 0.3 is 0 Å². The second-order valence-electron chi connectivity index (χ2n) is 5.39. The second kappa shape index (κ2) is 6.20. The van der Waals surface area contributed by atoms with E-state index in [1.165, 1.54) is 37.7 Å². The molecule has 0 bridgehead atoms. The summed E-state index contributed by atoms with van der Waals surface area (Å²) in [5.41, 5.74) is 1.37. The molecule has 1 aliphatic carbocycles. The molecule has 1 heterocycles. The van der Waals surface area contributed by atoms with Crippen LogP contribution in [0, 0.1) is 5.92 Å². The Morgan fingerprint density at radius 3 is 2.94 bits per heavy atom. The van der Waals surface area contributed by atoms with Crippen molar-refractivity contribution < 1.29 is 0 Å². The Hall–Kier alpha value is -0.830. The number of rotatable bonds is 8. The molecule has 3 nitrogen and oxygen atoms in total. The lowest BCUT2D eigenvalue weighted by Crippen LogP contribution is -2.30. The fourth-order valence-corrected chi connectivity index (χ4v) is 2.35. The van der Waals surface area contributed by atoms with Gasteiger partial charge in [0.25, 0.3) is 0 Å². The van der Waals surface area contributed by atoms with E-state index in [1.54, 1.807) is 0 Å². The van der Waals surface area contributed by atoms with E-state index in [0.717, 1.165) is 18.9 Å². The van der Waals surface area contributed by atoms with Crippen molar-refractivity contribution in [3.05, 3.63) is 18.0 Å². The number of aromatic nitrogens is 2. The molecule has 3 heteroatoms. The zero-order chi connectivity index (χ0) is 12.1. The molecule has 0 radical (unpaired) electrons. The van der Waals surface area contributed by atoms with E-state index in [1.807, 2.05) is 17.9 Å². The van der Waals surface area contributed by atoms with E-state index in [0.29, 0.717) is 6.04 Å². The molecular weight excluding hydrogens is 210 g/mol. The standard InChI is InChI=1S/C14H25N3/c1-3-8-15-14(9-12-4-5-12)7-6-13-10-16-17(2)11-13/h10-12,14-15H,3-9H2,1-2H3. The van der Waals surface area contributed by atoms with Crippen LogP contribution in [0.4, 0.5) is 0 Å². The molecule has 1 aromatic rings. The Morgan fingerprint density at radius 2 is 2.35 bits per heavy atom. The fraction of sp³-hybridized carbons (Fsp3) is 0.786. The molecule has 0 aromatic carbocycles. The number of nitrogens with one attached hydrogen (secondary N) is 1. The van der Waals surface area contributed by atoms with Crippen LogP contribution in [0.5, 0.6) is 0 Å². The first-order valence-electron chi connectivity index (χ1n) is 6.99. The smallest absolute Gasteiger partial charge is 0.0521 e. The van der Waals surface area contributed by atoms with Crippen molar-refractivity contribution in [2.24, 2.45) is 13.0 Å². The Balaban J connectivity index is 1.74. The summed E-state index contributed by atoms with van der Waals surface area (Å²) in [4.78, 5) is 0. The molecule has 96 valence electrons. The minimum Gasteiger partial charge on any atom is -0.314 e. The second-order valence-corrected chi connectivity index (χ2v) is 5.39. The summed E-state index contributed by atoms with van der Waals surface area (Å²) in [7, 11) is 1.99. The topological polar surface area (TPSA) is 29.9 Å². The Morgan fingerprint density at radius 1 is 1.53 bits per heavy atom. The van der Waals surface area contributed by atoms with Gasteiger partial charge in [0.15, 0.2) is 0 Å². The average Bonchev–Trinajstić information content (AvgIpc) is 3.04. The van der Waals surface area contributed by atoms with Gasteiger partial charge in [-0.25, -0.2) is 0 Å². The van der Waals surface area contributed by atoms with E-state index < -0.39 is 0 Å². The summed E-state index contributed by atoms with van der Waals surface area (Å²) >= 11 is 0. The van der Waals surface area contributed by atoms with Gasteiger partial charge in [-0.3, -0.25) is 4.68 Å². The van der Waals surface area contributed by atoms with Crippen LogP contribution in [-0.4, -0.2) is 22.4 Å². The molecule has 1 aliphatic rings. The summed E-state index contributed by atoms with van der Waals surface area (Å²) in [6, 6.07) is 0.711. The highest BCUT2D eigenvalue weighted by molar-refractivity contribution is 5.04. The summed E-state index contributed by atoms with van der Waals surface area (Å²) in [5, 5.41) is 7.92. The summed E-state index contributed by atoms with van der Waals surface area (Å²) in [6.45, 7) is 3.40. The lowest BCUT2D eigenvalue weighted by molar-refractivity contribution is 0.432. The number of nitrogens with zero attached hydrogens (tertiary/aromatic N) is 2. The molecule has 1 unspecified atom stereocenters. The zero-order valence-electron chi connectivity index (χ0n) is 11.2. The largest absolute Gasteiger partial charge is 0.314 e. The fourth-order valence-electron chi connectivity index (χ4n) is 2.35. The normalized spacial score (nSPS) is 17.3. The maximum atomic E-state index is 4.23. The Kier molecular flexibility index (Phi) is 4.60. The number of hydrogen-bond donors (Lipinski definition) is 1. The van der Waals surface area contributed by atoms with Crippen LogP contribution in [0.2, 0.25) is 0 Å². The van der Waals surface area contributed by atoms with Crippen LogP contribution in [0.15, 0.2) is 12.4 Å². The van der Waals surface area contributed by atoms with E-state index in [2.05, 4.69) is 23.5 Å². The van der Waals surface area contributed by atoms with E-state index in [9.17, 15) is 0 Å². The molecule has 1 saturated carbocycles. The maximum absolute atomic E-state index is 4.23. The van der Waals surface area contributed by atoms with Gasteiger partial charge in [0.2, 0.25) is 0 Å². The number of aryl methyl sites for hydroxylation is 2. The predicted molar refractivity (Wildman–Crippen MR) is 71.0 cm³/mol. The van der Waals surface area contributed by atoms with Gasteiger partial charge in [0.1, 0.15) is 0 Å². The van der Waals surface area contributed by atoms with Crippen LogP contribution < -0.4 is 5.32 Å². The van der Waals surface area contributed by atoms with Gasteiger partial charge < -0.3 is 5.32 Å². The van der Waals surface area contributed by atoms with Gasteiger partial charge in [-0.1, -0.05) is 19.8 Å². The third kappa shape index (κ3) is 4.50. The third-order valence-electron chi connectivity index (χ3n) is 3.54. The van der Waals surface area contributed by atoms with Crippen molar-refractivity contribution in [3.63, 3.8) is 0 Å². The van der Waals surface area contributed by atoms with Crippen LogP contribution in [-0.2, 0) is 13.5 Å². The van der Waals surface area contributed by atoms with E-state index in [-0.39, 0.29) is 0 Å². The molecule has 0 amide bonds. The van der Waals surface area contributed by atoms with Gasteiger partial charge in [-0.05, 0) is 43.7 Å². The highest BCUT2D eigenvalue weighted by atomic mass is 15.2. The van der Waals surface area contributed by atoms with Crippen molar-refractivity contribution in [2.75, 3.05) is 6.54 Å². The van der Waals surface area contributed by atoms with Crippen LogP contribution >= 0.6 is 0 Å². The molecule has 0 aliphatic heterocycles. The molecule has 2 rings (SSSR count). The molecule has 0 saturated heterocycles. The molecule has 1 fully saturated rings. The van der Waals surface area contributed by atoms with Crippen LogP contribution in [0.3, 0.4) is 0 Å².